The number of allylic oxidation sites excluding steroid dienone is 1. The predicted octanol–water partition coefficient (Wildman–Crippen LogP) is 3.94. The lowest BCUT2D eigenvalue weighted by Gasteiger charge is -2.38. The van der Waals surface area contributed by atoms with Crippen molar-refractivity contribution in [3.8, 4) is 0 Å². The highest BCUT2D eigenvalue weighted by Crippen LogP contribution is 2.49. The van der Waals surface area contributed by atoms with Crippen LogP contribution in [-0.4, -0.2) is 58.9 Å². The molecule has 2 fully saturated rings. The fourth-order valence-electron chi connectivity index (χ4n) is 5.80. The molecular formula is C22H25F9N4O2. The van der Waals surface area contributed by atoms with Crippen LogP contribution in [0.3, 0.4) is 0 Å². The van der Waals surface area contributed by atoms with Gasteiger partial charge in [0.1, 0.15) is 5.83 Å². The first-order valence-electron chi connectivity index (χ1n) is 11.7. The van der Waals surface area contributed by atoms with E-state index >= 15 is 4.39 Å². The molecule has 3 aliphatic rings. The van der Waals surface area contributed by atoms with Crippen molar-refractivity contribution in [2.75, 3.05) is 19.6 Å². The number of likely N-dealkylation sites (tertiary alicyclic amines) is 1. The first-order valence-corrected chi connectivity index (χ1v) is 11.7. The number of nitrogens with one attached hydrogen (secondary N) is 1. The van der Waals surface area contributed by atoms with Crippen molar-refractivity contribution in [2.24, 2.45) is 23.5 Å². The van der Waals surface area contributed by atoms with Gasteiger partial charge in [-0.3, -0.25) is 19.2 Å². The molecule has 0 aromatic carbocycles. The zero-order valence-electron chi connectivity index (χ0n) is 19.5. The van der Waals surface area contributed by atoms with Crippen LogP contribution in [0.1, 0.15) is 49.4 Å². The normalized spacial score (nSPS) is 27.5. The highest BCUT2D eigenvalue weighted by Gasteiger charge is 2.58. The van der Waals surface area contributed by atoms with E-state index in [4.69, 9.17) is 5.73 Å². The number of alkyl halides is 8. The van der Waals surface area contributed by atoms with E-state index in [1.54, 1.807) is 0 Å². The molecule has 1 saturated heterocycles. The van der Waals surface area contributed by atoms with Crippen LogP contribution in [0.4, 0.5) is 39.5 Å². The first-order chi connectivity index (χ1) is 17.1. The highest BCUT2D eigenvalue weighted by molar-refractivity contribution is 5.74. The Morgan fingerprint density at radius 3 is 2.08 bits per heavy atom. The number of halogens is 9. The number of aromatic amines is 1. The van der Waals surface area contributed by atoms with E-state index in [9.17, 15) is 44.7 Å². The van der Waals surface area contributed by atoms with E-state index in [1.807, 2.05) is 4.98 Å². The Labute approximate surface area is 204 Å². The lowest BCUT2D eigenvalue weighted by Crippen LogP contribution is -2.46. The van der Waals surface area contributed by atoms with Crippen LogP contribution in [0.2, 0.25) is 0 Å². The molecule has 15 heteroatoms. The number of fused-ring (bicyclic) bond motifs is 1. The molecule has 4 atom stereocenters. The van der Waals surface area contributed by atoms with E-state index < -0.39 is 95.7 Å². The van der Waals surface area contributed by atoms with Crippen LogP contribution in [0.25, 0.3) is 5.57 Å². The third kappa shape index (κ3) is 4.95. The van der Waals surface area contributed by atoms with Gasteiger partial charge >= 0.3 is 18.0 Å². The molecule has 0 amide bonds. The summed E-state index contributed by atoms with van der Waals surface area (Å²) >= 11 is 0. The third-order valence-electron chi connectivity index (χ3n) is 7.63. The molecule has 2 aliphatic carbocycles. The molecule has 37 heavy (non-hydrogen) atoms. The average molecular weight is 548 g/mol. The minimum Gasteiger partial charge on any atom is -0.330 e. The molecule has 0 radical (unpaired) electrons. The summed E-state index contributed by atoms with van der Waals surface area (Å²) in [6.45, 7) is 0.382. The Morgan fingerprint density at radius 1 is 1.03 bits per heavy atom. The summed E-state index contributed by atoms with van der Waals surface area (Å²) in [5, 5.41) is 0. The van der Waals surface area contributed by atoms with Crippen molar-refractivity contribution in [1.82, 2.24) is 14.5 Å². The van der Waals surface area contributed by atoms with Gasteiger partial charge in [0, 0.05) is 30.7 Å². The Hall–Kier alpha value is -2.29. The summed E-state index contributed by atoms with van der Waals surface area (Å²) < 4.78 is 124. The van der Waals surface area contributed by atoms with Crippen LogP contribution in [-0.2, 0) is 0 Å². The zero-order chi connectivity index (χ0) is 27.6. The Balaban J connectivity index is 1.76. The van der Waals surface area contributed by atoms with Gasteiger partial charge in [-0.25, -0.2) is 18.0 Å². The fourth-order valence-corrected chi connectivity index (χ4v) is 5.80. The Bertz CT molecular complexity index is 1170. The van der Waals surface area contributed by atoms with E-state index in [1.165, 1.54) is 11.8 Å². The summed E-state index contributed by atoms with van der Waals surface area (Å²) in [7, 11) is 0. The molecule has 1 aliphatic heterocycles. The van der Waals surface area contributed by atoms with Crippen molar-refractivity contribution in [2.45, 2.75) is 63.0 Å². The molecule has 208 valence electrons. The van der Waals surface area contributed by atoms with Crippen molar-refractivity contribution >= 4 is 5.57 Å². The van der Waals surface area contributed by atoms with Crippen molar-refractivity contribution in [3.63, 3.8) is 0 Å². The minimum atomic E-state index is -5.57. The number of hydrogen-bond donors (Lipinski definition) is 2. The second-order valence-electron chi connectivity index (χ2n) is 10.00. The monoisotopic (exact) mass is 548 g/mol. The topological polar surface area (TPSA) is 84.1 Å². The van der Waals surface area contributed by atoms with Gasteiger partial charge in [-0.2, -0.15) is 26.3 Å². The summed E-state index contributed by atoms with van der Waals surface area (Å²) in [6, 6.07) is -1.93. The lowest BCUT2D eigenvalue weighted by molar-refractivity contribution is -0.288. The smallest absolute Gasteiger partial charge is 0.330 e. The van der Waals surface area contributed by atoms with Gasteiger partial charge in [-0.1, -0.05) is 6.92 Å². The SMILES string of the molecule is CC1c2c(c(=O)[nH]c(=O)n2C2CC2)C(C(F)F)=C(F)C1N1CC(CN)C(CC(C(F)(F)F)C(F)(F)F)C1. The van der Waals surface area contributed by atoms with Crippen LogP contribution in [0, 0.1) is 17.8 Å². The maximum absolute atomic E-state index is 15.7. The molecule has 1 aromatic rings. The van der Waals surface area contributed by atoms with E-state index in [0.717, 1.165) is 4.57 Å². The number of rotatable bonds is 6. The molecule has 1 aromatic heterocycles. The first kappa shape index (κ1) is 27.7. The summed E-state index contributed by atoms with van der Waals surface area (Å²) in [6.07, 6.45) is -14.9. The molecule has 2 heterocycles. The zero-order valence-corrected chi connectivity index (χ0v) is 19.5. The second-order valence-corrected chi connectivity index (χ2v) is 10.00. The third-order valence-corrected chi connectivity index (χ3v) is 7.63. The largest absolute Gasteiger partial charge is 0.400 e. The van der Waals surface area contributed by atoms with Crippen LogP contribution >= 0.6 is 0 Å². The number of nitrogens with two attached hydrogens (primary N) is 1. The van der Waals surface area contributed by atoms with E-state index in [-0.39, 0.29) is 18.8 Å². The summed E-state index contributed by atoms with van der Waals surface area (Å²) in [5.74, 6) is -8.25. The standard InChI is InChI=1S/C22H25F9N4O2/c1-8-16-14(19(36)33-20(37)35(16)11-2-3-11)13(18(24)25)15(23)17(8)34-6-9(10(5-32)7-34)4-12(21(26,27)28)22(29,30)31/h8-12,17-18H,2-7,32H2,1H3,(H,33,36,37). The fraction of sp³-hybridized carbons (Fsp3) is 0.727. The lowest BCUT2D eigenvalue weighted by atomic mass is 9.82. The van der Waals surface area contributed by atoms with Crippen LogP contribution < -0.4 is 17.0 Å². The number of H-pyrrole nitrogens is 1. The van der Waals surface area contributed by atoms with Gasteiger partial charge in [-0.05, 0) is 37.6 Å². The summed E-state index contributed by atoms with van der Waals surface area (Å²) in [5.41, 5.74) is 1.58. The van der Waals surface area contributed by atoms with Gasteiger partial charge in [0.2, 0.25) is 0 Å². The maximum atomic E-state index is 15.7. The number of aromatic nitrogens is 2. The minimum absolute atomic E-state index is 0.117. The average Bonchev–Trinajstić information content (AvgIpc) is 3.50. The van der Waals surface area contributed by atoms with Crippen molar-refractivity contribution in [1.29, 1.82) is 0 Å². The van der Waals surface area contributed by atoms with Gasteiger partial charge < -0.3 is 5.73 Å². The number of hydrogen-bond acceptors (Lipinski definition) is 4. The van der Waals surface area contributed by atoms with Crippen LogP contribution in [0.5, 0.6) is 0 Å². The molecule has 6 nitrogen and oxygen atoms in total. The quantitative estimate of drug-likeness (QED) is 0.528. The summed E-state index contributed by atoms with van der Waals surface area (Å²) in [4.78, 5) is 28.2. The van der Waals surface area contributed by atoms with Crippen molar-refractivity contribution in [3.05, 3.63) is 37.9 Å². The molecule has 0 spiro atoms. The predicted molar refractivity (Wildman–Crippen MR) is 114 cm³/mol. The number of nitrogens with zero attached hydrogens (tertiary/aromatic N) is 2. The molecule has 1 saturated carbocycles. The molecular weight excluding hydrogens is 523 g/mol. The second kappa shape index (κ2) is 9.47. The van der Waals surface area contributed by atoms with Gasteiger partial charge in [0.25, 0.3) is 12.0 Å². The molecule has 3 N–H and O–H groups in total. The highest BCUT2D eigenvalue weighted by atomic mass is 19.4. The van der Waals surface area contributed by atoms with Crippen molar-refractivity contribution < 1.29 is 39.5 Å². The molecule has 4 unspecified atom stereocenters. The van der Waals surface area contributed by atoms with Gasteiger partial charge in [0.05, 0.1) is 17.2 Å². The van der Waals surface area contributed by atoms with E-state index in [0.29, 0.717) is 12.8 Å². The Kier molecular flexibility index (Phi) is 7.10. The van der Waals surface area contributed by atoms with Gasteiger partial charge in [0.15, 0.2) is 5.92 Å². The maximum Gasteiger partial charge on any atom is 0.400 e. The Morgan fingerprint density at radius 2 is 1.59 bits per heavy atom. The van der Waals surface area contributed by atoms with E-state index in [2.05, 4.69) is 0 Å². The molecule has 0 bridgehead atoms. The molecule has 4 rings (SSSR count). The van der Waals surface area contributed by atoms with Crippen LogP contribution in [0.15, 0.2) is 15.4 Å². The van der Waals surface area contributed by atoms with Gasteiger partial charge in [-0.15, -0.1) is 0 Å².